The first-order valence-corrected chi connectivity index (χ1v) is 22.0. The minimum atomic E-state index is -0.0146. The van der Waals surface area contributed by atoms with Crippen molar-refractivity contribution in [2.24, 2.45) is 11.8 Å². The average molecular weight is 691 g/mol. The van der Waals surface area contributed by atoms with Gasteiger partial charge in [0, 0.05) is 12.8 Å². The highest BCUT2D eigenvalue weighted by Crippen LogP contribution is 2.21. The molecule has 0 aliphatic heterocycles. The second kappa shape index (κ2) is 39.5. The van der Waals surface area contributed by atoms with Crippen LogP contribution in [0.4, 0.5) is 0 Å². The van der Waals surface area contributed by atoms with Gasteiger partial charge in [-0.25, -0.2) is 0 Å². The van der Waals surface area contributed by atoms with Crippen molar-refractivity contribution in [1.29, 1.82) is 0 Å². The Labute approximate surface area is 307 Å². The number of rotatable bonds is 39. The number of esters is 2. The average Bonchev–Trinajstić information content (AvgIpc) is 3.11. The van der Waals surface area contributed by atoms with Crippen molar-refractivity contribution >= 4 is 11.9 Å². The highest BCUT2D eigenvalue weighted by molar-refractivity contribution is 5.69. The number of carbonyl (C=O) groups excluding carboxylic acids is 2. The maximum atomic E-state index is 12.5. The Hall–Kier alpha value is -1.32. The summed E-state index contributed by atoms with van der Waals surface area (Å²) in [6.07, 6.45) is 44.3. The quantitative estimate of drug-likeness (QED) is 0.0366. The lowest BCUT2D eigenvalue weighted by molar-refractivity contribution is -0.146. The van der Waals surface area contributed by atoms with E-state index in [1.807, 2.05) is 0 Å². The number of unbranched alkanes of at least 4 members (excludes halogenated alkanes) is 22. The van der Waals surface area contributed by atoms with Gasteiger partial charge in [0.25, 0.3) is 0 Å². The monoisotopic (exact) mass is 691 g/mol. The lowest BCUT2D eigenvalue weighted by atomic mass is 9.94. The summed E-state index contributed by atoms with van der Waals surface area (Å²) in [7, 11) is 0. The Morgan fingerprint density at radius 2 is 0.755 bits per heavy atom. The molecule has 0 aromatic heterocycles. The zero-order valence-electron chi connectivity index (χ0n) is 33.7. The molecule has 0 saturated heterocycles. The molecule has 0 spiro atoms. The molecule has 0 aromatic carbocycles. The third-order valence-corrected chi connectivity index (χ3v) is 10.4. The van der Waals surface area contributed by atoms with Crippen LogP contribution in [0.3, 0.4) is 0 Å². The minimum absolute atomic E-state index is 0.00951. The van der Waals surface area contributed by atoms with Crippen molar-refractivity contribution in [3.63, 3.8) is 0 Å². The van der Waals surface area contributed by atoms with E-state index in [-0.39, 0.29) is 11.9 Å². The molecule has 290 valence electrons. The van der Waals surface area contributed by atoms with Gasteiger partial charge in [-0.15, -0.1) is 0 Å². The summed E-state index contributed by atoms with van der Waals surface area (Å²) >= 11 is 0. The lowest BCUT2D eigenvalue weighted by Crippen LogP contribution is -2.14. The van der Waals surface area contributed by atoms with Crippen molar-refractivity contribution in [2.75, 3.05) is 13.2 Å². The SMILES string of the molecule is CCCCCCCC/C=C\CCCCCCCC(=O)OCC(CCCCCCCC)CCCCCCCCC(=O)OCC(CC)CCCC. The summed E-state index contributed by atoms with van der Waals surface area (Å²) in [4.78, 5) is 24.7. The van der Waals surface area contributed by atoms with Gasteiger partial charge in [0.1, 0.15) is 0 Å². The fraction of sp³-hybridized carbons (Fsp3) is 0.911. The van der Waals surface area contributed by atoms with E-state index in [4.69, 9.17) is 9.47 Å². The molecule has 0 radical (unpaired) electrons. The molecule has 0 fully saturated rings. The number of allylic oxidation sites excluding steroid dienone is 2. The van der Waals surface area contributed by atoms with E-state index in [2.05, 4.69) is 39.8 Å². The van der Waals surface area contributed by atoms with Crippen LogP contribution in [0.15, 0.2) is 12.2 Å². The van der Waals surface area contributed by atoms with Crippen molar-refractivity contribution in [3.05, 3.63) is 12.2 Å². The Bertz CT molecular complexity index is 717. The van der Waals surface area contributed by atoms with E-state index in [0.717, 1.165) is 32.1 Å². The van der Waals surface area contributed by atoms with Crippen LogP contribution < -0.4 is 0 Å². The number of hydrogen-bond acceptors (Lipinski definition) is 4. The summed E-state index contributed by atoms with van der Waals surface area (Å²) in [5, 5.41) is 0. The first kappa shape index (κ1) is 47.7. The highest BCUT2D eigenvalue weighted by Gasteiger charge is 2.13. The van der Waals surface area contributed by atoms with Crippen LogP contribution >= 0.6 is 0 Å². The second-order valence-electron chi connectivity index (χ2n) is 15.2. The molecule has 0 aliphatic rings. The Morgan fingerprint density at radius 1 is 0.408 bits per heavy atom. The molecule has 4 heteroatoms. The number of hydrogen-bond donors (Lipinski definition) is 0. The van der Waals surface area contributed by atoms with Crippen molar-refractivity contribution in [3.8, 4) is 0 Å². The van der Waals surface area contributed by atoms with E-state index in [0.29, 0.717) is 37.9 Å². The summed E-state index contributed by atoms with van der Waals surface area (Å²) in [5.41, 5.74) is 0. The first-order chi connectivity index (χ1) is 24.1. The summed E-state index contributed by atoms with van der Waals surface area (Å²) in [5.74, 6) is 1.02. The molecule has 0 heterocycles. The van der Waals surface area contributed by atoms with E-state index >= 15 is 0 Å². The highest BCUT2D eigenvalue weighted by atomic mass is 16.5. The van der Waals surface area contributed by atoms with Gasteiger partial charge < -0.3 is 9.47 Å². The molecule has 0 rings (SSSR count). The Morgan fingerprint density at radius 3 is 1.18 bits per heavy atom. The van der Waals surface area contributed by atoms with Crippen LogP contribution in [0.25, 0.3) is 0 Å². The van der Waals surface area contributed by atoms with Gasteiger partial charge >= 0.3 is 11.9 Å². The maximum Gasteiger partial charge on any atom is 0.305 e. The van der Waals surface area contributed by atoms with Crippen molar-refractivity contribution < 1.29 is 19.1 Å². The lowest BCUT2D eigenvalue weighted by Gasteiger charge is -2.17. The molecule has 0 saturated carbocycles. The molecule has 0 amide bonds. The van der Waals surface area contributed by atoms with Gasteiger partial charge in [-0.1, -0.05) is 181 Å². The fourth-order valence-electron chi connectivity index (χ4n) is 6.74. The fourth-order valence-corrected chi connectivity index (χ4v) is 6.74. The van der Waals surface area contributed by atoms with Gasteiger partial charge in [-0.05, 0) is 69.6 Å². The second-order valence-corrected chi connectivity index (χ2v) is 15.2. The number of ether oxygens (including phenoxy) is 2. The third-order valence-electron chi connectivity index (χ3n) is 10.4. The first-order valence-electron chi connectivity index (χ1n) is 22.0. The van der Waals surface area contributed by atoms with Crippen LogP contribution in [-0.2, 0) is 19.1 Å². The molecule has 4 nitrogen and oxygen atoms in total. The predicted octanol–water partition coefficient (Wildman–Crippen LogP) is 14.8. The number of carbonyl (C=O) groups is 2. The maximum absolute atomic E-state index is 12.5. The molecule has 0 bridgehead atoms. The standard InChI is InChI=1S/C45H86O4/c1-5-9-12-14-16-17-18-19-20-21-22-23-24-29-33-39-45(47)49-41-43(36-31-27-15-13-10-6-2)37-32-28-25-26-30-34-38-44(46)48-40-42(8-4)35-11-7-3/h19-20,42-43H,5-18,21-41H2,1-4H3/b20-19-. The van der Waals surface area contributed by atoms with Crippen LogP contribution in [0, 0.1) is 11.8 Å². The summed E-state index contributed by atoms with van der Waals surface area (Å²) in [6, 6.07) is 0. The zero-order valence-corrected chi connectivity index (χ0v) is 33.7. The van der Waals surface area contributed by atoms with Gasteiger partial charge in [0.2, 0.25) is 0 Å². The summed E-state index contributed by atoms with van der Waals surface area (Å²) in [6.45, 7) is 10.2. The Balaban J connectivity index is 4.03. The van der Waals surface area contributed by atoms with Crippen LogP contribution in [0.5, 0.6) is 0 Å². The van der Waals surface area contributed by atoms with Crippen molar-refractivity contribution in [1.82, 2.24) is 0 Å². The molecule has 0 aromatic rings. The van der Waals surface area contributed by atoms with E-state index in [1.54, 1.807) is 0 Å². The van der Waals surface area contributed by atoms with Crippen molar-refractivity contribution in [2.45, 2.75) is 240 Å². The molecular weight excluding hydrogens is 604 g/mol. The Kier molecular flexibility index (Phi) is 38.4. The third kappa shape index (κ3) is 36.3. The van der Waals surface area contributed by atoms with Gasteiger partial charge in [0.15, 0.2) is 0 Å². The largest absolute Gasteiger partial charge is 0.465 e. The molecule has 49 heavy (non-hydrogen) atoms. The van der Waals surface area contributed by atoms with Crippen LogP contribution in [0.1, 0.15) is 240 Å². The van der Waals surface area contributed by atoms with Gasteiger partial charge in [0.05, 0.1) is 13.2 Å². The van der Waals surface area contributed by atoms with Crippen LogP contribution in [0.2, 0.25) is 0 Å². The minimum Gasteiger partial charge on any atom is -0.465 e. The topological polar surface area (TPSA) is 52.6 Å². The molecule has 0 N–H and O–H groups in total. The van der Waals surface area contributed by atoms with Crippen LogP contribution in [-0.4, -0.2) is 25.2 Å². The normalized spacial score (nSPS) is 12.8. The predicted molar refractivity (Wildman–Crippen MR) is 213 cm³/mol. The van der Waals surface area contributed by atoms with Gasteiger partial charge in [-0.2, -0.15) is 0 Å². The smallest absolute Gasteiger partial charge is 0.305 e. The van der Waals surface area contributed by atoms with Gasteiger partial charge in [-0.3, -0.25) is 9.59 Å². The molecular formula is C45H86O4. The zero-order chi connectivity index (χ0) is 35.9. The van der Waals surface area contributed by atoms with E-state index in [9.17, 15) is 9.59 Å². The van der Waals surface area contributed by atoms with E-state index in [1.165, 1.54) is 167 Å². The molecule has 2 unspecified atom stereocenters. The molecule has 2 atom stereocenters. The van der Waals surface area contributed by atoms with E-state index < -0.39 is 0 Å². The summed E-state index contributed by atoms with van der Waals surface area (Å²) < 4.78 is 11.4. The molecule has 0 aliphatic carbocycles.